The molecule has 8 nitrogen and oxygen atoms in total. The third kappa shape index (κ3) is 76.6. The Kier molecular flexibility index (Phi) is 61.9. The molecule has 0 saturated carbocycles. The van der Waals surface area contributed by atoms with Gasteiger partial charge in [0.2, 0.25) is 0 Å². The molecule has 56 heavy (non-hydrogen) atoms. The lowest BCUT2D eigenvalue weighted by atomic mass is 10.1. The Balaban J connectivity index is -0.000000322. The predicted molar refractivity (Wildman–Crippen MR) is 238 cm³/mol. The van der Waals surface area contributed by atoms with Gasteiger partial charge in [0, 0.05) is 25.7 Å². The molecule has 0 amide bonds. The van der Waals surface area contributed by atoms with E-state index in [2.05, 4.69) is 27.7 Å². The van der Waals surface area contributed by atoms with Crippen molar-refractivity contribution in [2.75, 3.05) is 0 Å². The summed E-state index contributed by atoms with van der Waals surface area (Å²) >= 11 is 0. The summed E-state index contributed by atoms with van der Waals surface area (Å²) in [5.74, 6) is -2.64. The van der Waals surface area contributed by atoms with E-state index in [4.69, 9.17) is 20.4 Å². The van der Waals surface area contributed by atoms with Crippen molar-refractivity contribution in [2.24, 2.45) is 0 Å². The summed E-state index contributed by atoms with van der Waals surface area (Å²) in [6.07, 6.45) is 45.9. The summed E-state index contributed by atoms with van der Waals surface area (Å²) < 4.78 is 0. The van der Waals surface area contributed by atoms with E-state index in [0.717, 1.165) is 51.4 Å². The van der Waals surface area contributed by atoms with E-state index >= 15 is 0 Å². The van der Waals surface area contributed by atoms with E-state index in [1.807, 2.05) is 0 Å². The molecular formula is C48H96O8. The van der Waals surface area contributed by atoms with Crippen LogP contribution in [0.15, 0.2) is 0 Å². The second kappa shape index (κ2) is 57.2. The van der Waals surface area contributed by atoms with Crippen molar-refractivity contribution >= 4 is 23.9 Å². The topological polar surface area (TPSA) is 149 Å². The average molecular weight is 801 g/mol. The fraction of sp³-hybridized carbons (Fsp3) is 0.917. The maximum atomic E-state index is 10.2. The molecule has 0 spiro atoms. The number of hydrogen-bond acceptors (Lipinski definition) is 4. The Bertz CT molecular complexity index is 657. The minimum atomic E-state index is -0.659. The van der Waals surface area contributed by atoms with Gasteiger partial charge in [-0.2, -0.15) is 0 Å². The van der Waals surface area contributed by atoms with E-state index in [-0.39, 0.29) is 0 Å². The van der Waals surface area contributed by atoms with Crippen LogP contribution in [0, 0.1) is 0 Å². The van der Waals surface area contributed by atoms with Crippen molar-refractivity contribution in [1.82, 2.24) is 0 Å². The Hall–Kier alpha value is -2.12. The molecule has 0 rings (SSSR count). The summed E-state index contributed by atoms with van der Waals surface area (Å²) in [6.45, 7) is 8.91. The van der Waals surface area contributed by atoms with Crippen LogP contribution in [-0.4, -0.2) is 44.3 Å². The maximum absolute atomic E-state index is 10.2. The smallest absolute Gasteiger partial charge is 0.303 e. The molecule has 4 N–H and O–H groups in total. The molecule has 0 aliphatic heterocycles. The first-order chi connectivity index (χ1) is 27.1. The molecule has 0 saturated heterocycles. The zero-order valence-electron chi connectivity index (χ0n) is 37.7. The summed E-state index contributed by atoms with van der Waals surface area (Å²) in [5, 5.41) is 33.7. The number of rotatable bonds is 40. The highest BCUT2D eigenvalue weighted by molar-refractivity contribution is 5.67. The Labute approximate surface area is 347 Å². The Morgan fingerprint density at radius 2 is 0.321 bits per heavy atom. The number of carbonyl (C=O) groups is 4. The van der Waals surface area contributed by atoms with Crippen molar-refractivity contribution in [3.05, 3.63) is 0 Å². The SMILES string of the molecule is CCCCCCCCCCCC(=O)O.CCCCCCCCCCCC(=O)O.CCCCCCCCCCCC(=O)O.CCCCCCCCCCCC(=O)O. The van der Waals surface area contributed by atoms with Gasteiger partial charge in [-0.05, 0) is 25.7 Å². The second-order valence-electron chi connectivity index (χ2n) is 15.9. The molecule has 336 valence electrons. The third-order valence-corrected chi connectivity index (χ3v) is 9.98. The fourth-order valence-corrected chi connectivity index (χ4v) is 6.35. The van der Waals surface area contributed by atoms with Gasteiger partial charge >= 0.3 is 23.9 Å². The van der Waals surface area contributed by atoms with Crippen LogP contribution < -0.4 is 0 Å². The van der Waals surface area contributed by atoms with Gasteiger partial charge in [0.05, 0.1) is 0 Å². The van der Waals surface area contributed by atoms with Gasteiger partial charge in [0.25, 0.3) is 0 Å². The molecule has 0 aromatic rings. The molecular weight excluding hydrogens is 705 g/mol. The lowest BCUT2D eigenvalue weighted by Crippen LogP contribution is -1.93. The van der Waals surface area contributed by atoms with Crippen molar-refractivity contribution in [3.8, 4) is 0 Å². The minimum absolute atomic E-state index is 0.343. The number of carboxylic acid groups (broad SMARTS) is 4. The molecule has 0 fully saturated rings. The summed E-state index contributed by atoms with van der Waals surface area (Å²) in [7, 11) is 0. The van der Waals surface area contributed by atoms with Crippen LogP contribution >= 0.6 is 0 Å². The molecule has 0 heterocycles. The van der Waals surface area contributed by atoms with E-state index in [9.17, 15) is 19.2 Å². The van der Waals surface area contributed by atoms with Gasteiger partial charge in [0.15, 0.2) is 0 Å². The lowest BCUT2D eigenvalue weighted by molar-refractivity contribution is -0.138. The summed E-state index contributed by atoms with van der Waals surface area (Å²) in [6, 6.07) is 0. The predicted octanol–water partition coefficient (Wildman–Crippen LogP) is 16.0. The largest absolute Gasteiger partial charge is 0.481 e. The van der Waals surface area contributed by atoms with E-state index in [1.165, 1.54) is 180 Å². The molecule has 0 atom stereocenters. The highest BCUT2D eigenvalue weighted by atomic mass is 16.4. The zero-order chi connectivity index (χ0) is 42.6. The molecule has 0 aromatic carbocycles. The normalized spacial score (nSPS) is 10.4. The van der Waals surface area contributed by atoms with E-state index in [1.54, 1.807) is 0 Å². The van der Waals surface area contributed by atoms with Gasteiger partial charge < -0.3 is 20.4 Å². The van der Waals surface area contributed by atoms with E-state index in [0.29, 0.717) is 25.7 Å². The first-order valence-electron chi connectivity index (χ1n) is 24.0. The molecule has 8 heteroatoms. The standard InChI is InChI=1S/4C12H24O2/c4*1-2-3-4-5-6-7-8-9-10-11-12(13)14/h4*2-11H2,1H3,(H,13,14). The monoisotopic (exact) mass is 801 g/mol. The number of carboxylic acids is 4. The van der Waals surface area contributed by atoms with Gasteiger partial charge in [-0.25, -0.2) is 0 Å². The van der Waals surface area contributed by atoms with E-state index < -0.39 is 23.9 Å². The van der Waals surface area contributed by atoms with Crippen molar-refractivity contribution in [1.29, 1.82) is 0 Å². The highest BCUT2D eigenvalue weighted by Crippen LogP contribution is 2.13. The third-order valence-electron chi connectivity index (χ3n) is 9.98. The highest BCUT2D eigenvalue weighted by Gasteiger charge is 1.99. The average Bonchev–Trinajstić information content (AvgIpc) is 3.15. The molecule has 0 aliphatic carbocycles. The second-order valence-corrected chi connectivity index (χ2v) is 15.9. The van der Waals surface area contributed by atoms with Gasteiger partial charge in [-0.15, -0.1) is 0 Å². The number of hydrogen-bond donors (Lipinski definition) is 4. The van der Waals surface area contributed by atoms with Crippen LogP contribution in [0.1, 0.15) is 285 Å². The van der Waals surface area contributed by atoms with Crippen molar-refractivity contribution in [3.63, 3.8) is 0 Å². The Morgan fingerprint density at radius 3 is 0.429 bits per heavy atom. The fourth-order valence-electron chi connectivity index (χ4n) is 6.35. The quantitative estimate of drug-likeness (QED) is 0.0447. The van der Waals surface area contributed by atoms with Crippen molar-refractivity contribution in [2.45, 2.75) is 285 Å². The van der Waals surface area contributed by atoms with Crippen molar-refractivity contribution < 1.29 is 39.6 Å². The van der Waals surface area contributed by atoms with Crippen LogP contribution in [0.3, 0.4) is 0 Å². The first-order valence-corrected chi connectivity index (χ1v) is 24.0. The first kappa shape index (κ1) is 60.6. The van der Waals surface area contributed by atoms with Gasteiger partial charge in [-0.3, -0.25) is 19.2 Å². The summed E-state index contributed by atoms with van der Waals surface area (Å²) in [5.41, 5.74) is 0. The molecule has 0 aromatic heterocycles. The van der Waals surface area contributed by atoms with Gasteiger partial charge in [-0.1, -0.05) is 233 Å². The Morgan fingerprint density at radius 1 is 0.214 bits per heavy atom. The van der Waals surface area contributed by atoms with Crippen LogP contribution in [0.5, 0.6) is 0 Å². The minimum Gasteiger partial charge on any atom is -0.481 e. The maximum Gasteiger partial charge on any atom is 0.303 e. The number of aliphatic carboxylic acids is 4. The molecule has 0 unspecified atom stereocenters. The summed E-state index contributed by atoms with van der Waals surface area (Å²) in [4.78, 5) is 40.8. The lowest BCUT2D eigenvalue weighted by Gasteiger charge is -2.00. The van der Waals surface area contributed by atoms with Crippen LogP contribution in [-0.2, 0) is 19.2 Å². The molecule has 0 bridgehead atoms. The zero-order valence-corrected chi connectivity index (χ0v) is 37.7. The molecule has 0 aliphatic rings. The van der Waals surface area contributed by atoms with Gasteiger partial charge in [0.1, 0.15) is 0 Å². The number of unbranched alkanes of at least 4 members (excludes halogenated alkanes) is 32. The van der Waals surface area contributed by atoms with Crippen LogP contribution in [0.25, 0.3) is 0 Å². The van der Waals surface area contributed by atoms with Crippen LogP contribution in [0.4, 0.5) is 0 Å². The molecule has 0 radical (unpaired) electrons. The van der Waals surface area contributed by atoms with Crippen LogP contribution in [0.2, 0.25) is 0 Å².